The number of aliphatic hydroxyl groups is 1. The molecule has 32 heavy (non-hydrogen) atoms. The van der Waals surface area contributed by atoms with Gasteiger partial charge in [0.15, 0.2) is 5.65 Å². The van der Waals surface area contributed by atoms with Crippen LogP contribution < -0.4 is 15.5 Å². The molecular weight excluding hydrogens is 408 g/mol. The van der Waals surface area contributed by atoms with E-state index in [9.17, 15) is 14.7 Å². The molecule has 0 aliphatic carbocycles. The van der Waals surface area contributed by atoms with Crippen LogP contribution in [0, 0.1) is 5.92 Å². The summed E-state index contributed by atoms with van der Waals surface area (Å²) in [6, 6.07) is 10.4. The smallest absolute Gasteiger partial charge is 0.256 e. The van der Waals surface area contributed by atoms with Crippen molar-refractivity contribution in [3.63, 3.8) is 0 Å². The Kier molecular flexibility index (Phi) is 5.84. The number of fused-ring (bicyclic) bond motifs is 1. The molecule has 3 heterocycles. The van der Waals surface area contributed by atoms with Gasteiger partial charge in [-0.3, -0.25) is 9.59 Å². The average molecular weight is 437 g/mol. The summed E-state index contributed by atoms with van der Waals surface area (Å²) in [7, 11) is 1.65. The molecule has 1 atom stereocenters. The molecule has 9 heteroatoms. The fourth-order valence-corrected chi connectivity index (χ4v) is 4.01. The fourth-order valence-electron chi connectivity index (χ4n) is 4.01. The van der Waals surface area contributed by atoms with E-state index in [2.05, 4.69) is 25.6 Å². The van der Waals surface area contributed by atoms with Gasteiger partial charge in [0.1, 0.15) is 11.6 Å². The minimum atomic E-state index is -0.973. The number of aromatic nitrogens is 3. The molecule has 0 radical (unpaired) electrons. The molecule has 1 aliphatic rings. The van der Waals surface area contributed by atoms with Crippen LogP contribution in [0.5, 0.6) is 0 Å². The number of benzene rings is 1. The van der Waals surface area contributed by atoms with Crippen molar-refractivity contribution in [1.29, 1.82) is 0 Å². The van der Waals surface area contributed by atoms with Crippen LogP contribution in [0.1, 0.15) is 42.6 Å². The number of carbonyl (C=O) groups is 2. The van der Waals surface area contributed by atoms with Gasteiger partial charge in [-0.05, 0) is 44.4 Å². The Labute approximate surface area is 186 Å². The lowest BCUT2D eigenvalue weighted by atomic mass is 9.97. The van der Waals surface area contributed by atoms with Gasteiger partial charge in [-0.2, -0.15) is 9.61 Å². The van der Waals surface area contributed by atoms with Crippen LogP contribution in [-0.4, -0.2) is 51.7 Å². The maximum Gasteiger partial charge on any atom is 0.256 e. The third kappa shape index (κ3) is 4.43. The summed E-state index contributed by atoms with van der Waals surface area (Å²) < 4.78 is 1.72. The number of piperidine rings is 1. The third-order valence-electron chi connectivity index (χ3n) is 5.80. The number of carbonyl (C=O) groups excluding carboxylic acids is 2. The molecule has 1 unspecified atom stereocenters. The summed E-state index contributed by atoms with van der Waals surface area (Å²) in [4.78, 5) is 31.6. The molecule has 2 amide bonds. The summed E-state index contributed by atoms with van der Waals surface area (Å²) in [5, 5.41) is 20.1. The van der Waals surface area contributed by atoms with Crippen LogP contribution in [0.15, 0.2) is 42.6 Å². The van der Waals surface area contributed by atoms with E-state index in [1.54, 1.807) is 68.0 Å². The topological polar surface area (TPSA) is 112 Å². The lowest BCUT2D eigenvalue weighted by Gasteiger charge is -2.33. The SMILES string of the molecule is CNC(=O)C1CCCN(c2cc(NC(=O)c3ccc(C(C)(C)O)cc3)nc3ccnn23)C1. The van der Waals surface area contributed by atoms with Gasteiger partial charge in [0.2, 0.25) is 5.91 Å². The Bertz CT molecular complexity index is 1130. The molecule has 1 fully saturated rings. The molecule has 0 spiro atoms. The van der Waals surface area contributed by atoms with E-state index in [4.69, 9.17) is 0 Å². The molecule has 3 aromatic rings. The fraction of sp³-hybridized carbons (Fsp3) is 0.391. The summed E-state index contributed by atoms with van der Waals surface area (Å²) in [5.74, 6) is 0.827. The van der Waals surface area contributed by atoms with Crippen molar-refractivity contribution in [3.05, 3.63) is 53.7 Å². The predicted octanol–water partition coefficient (Wildman–Crippen LogP) is 2.17. The zero-order valence-corrected chi connectivity index (χ0v) is 18.5. The molecule has 1 aromatic carbocycles. The number of anilines is 2. The van der Waals surface area contributed by atoms with Crippen LogP contribution in [0.25, 0.3) is 5.65 Å². The second-order valence-electron chi connectivity index (χ2n) is 8.59. The molecular formula is C23H28N6O3. The van der Waals surface area contributed by atoms with E-state index < -0.39 is 5.60 Å². The lowest BCUT2D eigenvalue weighted by molar-refractivity contribution is -0.124. The Morgan fingerprint density at radius 2 is 1.94 bits per heavy atom. The largest absolute Gasteiger partial charge is 0.386 e. The van der Waals surface area contributed by atoms with Crippen molar-refractivity contribution in [1.82, 2.24) is 19.9 Å². The highest BCUT2D eigenvalue weighted by Crippen LogP contribution is 2.26. The summed E-state index contributed by atoms with van der Waals surface area (Å²) >= 11 is 0. The Hall–Kier alpha value is -3.46. The van der Waals surface area contributed by atoms with Crippen LogP contribution in [0.4, 0.5) is 11.6 Å². The van der Waals surface area contributed by atoms with Crippen LogP contribution >= 0.6 is 0 Å². The zero-order chi connectivity index (χ0) is 22.9. The van der Waals surface area contributed by atoms with Gasteiger partial charge < -0.3 is 20.6 Å². The quantitative estimate of drug-likeness (QED) is 0.565. The summed E-state index contributed by atoms with van der Waals surface area (Å²) in [6.07, 6.45) is 3.39. The molecule has 1 aliphatic heterocycles. The first kappa shape index (κ1) is 21.8. The Morgan fingerprint density at radius 3 is 2.62 bits per heavy atom. The molecule has 0 bridgehead atoms. The molecule has 3 N–H and O–H groups in total. The molecule has 168 valence electrons. The van der Waals surface area contributed by atoms with Gasteiger partial charge in [-0.1, -0.05) is 12.1 Å². The molecule has 9 nitrogen and oxygen atoms in total. The number of hydrogen-bond donors (Lipinski definition) is 3. The second-order valence-corrected chi connectivity index (χ2v) is 8.59. The van der Waals surface area contributed by atoms with Gasteiger partial charge >= 0.3 is 0 Å². The zero-order valence-electron chi connectivity index (χ0n) is 18.5. The van der Waals surface area contributed by atoms with Crippen LogP contribution in [-0.2, 0) is 10.4 Å². The van der Waals surface area contributed by atoms with Gasteiger partial charge in [-0.15, -0.1) is 0 Å². The Morgan fingerprint density at radius 1 is 1.19 bits per heavy atom. The minimum Gasteiger partial charge on any atom is -0.386 e. The standard InChI is InChI=1S/C23H28N6O3/c1-23(2,32)17-8-6-15(7-9-17)22(31)27-18-13-20(29-19(26-18)10-11-25-29)28-12-4-5-16(14-28)21(30)24-3/h6-11,13,16,32H,4-5,12,14H2,1-3H3,(H,24,30)(H,26,27,31). The van der Waals surface area contributed by atoms with Gasteiger partial charge in [0.25, 0.3) is 5.91 Å². The number of hydrogen-bond acceptors (Lipinski definition) is 6. The van der Waals surface area contributed by atoms with Crippen molar-refractivity contribution >= 4 is 29.1 Å². The van der Waals surface area contributed by atoms with Crippen molar-refractivity contribution in [3.8, 4) is 0 Å². The molecule has 0 saturated carbocycles. The van der Waals surface area contributed by atoms with Crippen LogP contribution in [0.2, 0.25) is 0 Å². The highest BCUT2D eigenvalue weighted by Gasteiger charge is 2.27. The molecule has 1 saturated heterocycles. The maximum atomic E-state index is 12.8. The van der Waals surface area contributed by atoms with E-state index >= 15 is 0 Å². The number of rotatable bonds is 5. The number of nitrogens with zero attached hydrogens (tertiary/aromatic N) is 4. The average Bonchev–Trinajstić information content (AvgIpc) is 3.26. The van der Waals surface area contributed by atoms with Gasteiger partial charge in [-0.25, -0.2) is 4.98 Å². The van der Waals surface area contributed by atoms with E-state index in [1.165, 1.54) is 0 Å². The predicted molar refractivity (Wildman–Crippen MR) is 122 cm³/mol. The van der Waals surface area contributed by atoms with Gasteiger partial charge in [0.05, 0.1) is 17.7 Å². The lowest BCUT2D eigenvalue weighted by Crippen LogP contribution is -2.43. The van der Waals surface area contributed by atoms with E-state index in [0.717, 1.165) is 30.8 Å². The first-order valence-corrected chi connectivity index (χ1v) is 10.7. The minimum absolute atomic E-state index is 0.0310. The first-order valence-electron chi connectivity index (χ1n) is 10.7. The third-order valence-corrected chi connectivity index (χ3v) is 5.80. The number of nitrogens with one attached hydrogen (secondary N) is 2. The van der Waals surface area contributed by atoms with Crippen molar-refractivity contribution in [2.24, 2.45) is 5.92 Å². The van der Waals surface area contributed by atoms with E-state index in [-0.39, 0.29) is 17.7 Å². The summed E-state index contributed by atoms with van der Waals surface area (Å²) in [6.45, 7) is 4.76. The normalized spacial score (nSPS) is 16.8. The van der Waals surface area contributed by atoms with E-state index in [0.29, 0.717) is 23.6 Å². The van der Waals surface area contributed by atoms with Crippen molar-refractivity contribution < 1.29 is 14.7 Å². The van der Waals surface area contributed by atoms with E-state index in [1.807, 2.05) is 0 Å². The highest BCUT2D eigenvalue weighted by molar-refractivity contribution is 6.04. The molecule has 4 rings (SSSR count). The van der Waals surface area contributed by atoms with Crippen LogP contribution in [0.3, 0.4) is 0 Å². The maximum absolute atomic E-state index is 12.8. The Balaban J connectivity index is 1.59. The summed E-state index contributed by atoms with van der Waals surface area (Å²) in [5.41, 5.74) is 0.829. The van der Waals surface area contributed by atoms with Gasteiger partial charge in [0, 0.05) is 37.8 Å². The molecule has 2 aromatic heterocycles. The van der Waals surface area contributed by atoms with Crippen molar-refractivity contribution in [2.45, 2.75) is 32.3 Å². The highest BCUT2D eigenvalue weighted by atomic mass is 16.3. The second kappa shape index (κ2) is 8.58. The monoisotopic (exact) mass is 436 g/mol. The first-order chi connectivity index (χ1) is 15.3. The number of amides is 2. The van der Waals surface area contributed by atoms with Crippen molar-refractivity contribution in [2.75, 3.05) is 30.4 Å².